The highest BCUT2D eigenvalue weighted by Crippen LogP contribution is 2.32. The van der Waals surface area contributed by atoms with Crippen LogP contribution in [-0.2, 0) is 5.41 Å². The molecule has 0 spiro atoms. The van der Waals surface area contributed by atoms with Gasteiger partial charge in [0, 0.05) is 13.1 Å². The third-order valence-corrected chi connectivity index (χ3v) is 3.46. The van der Waals surface area contributed by atoms with Crippen molar-refractivity contribution in [2.45, 2.75) is 32.3 Å². The first-order chi connectivity index (χ1) is 7.47. The number of benzene rings is 1. The Hall–Kier alpha value is -0.540. The Labute approximate surface area is 106 Å². The number of ether oxygens (including phenoxy) is 1. The fourth-order valence-electron chi connectivity index (χ4n) is 1.59. The van der Waals surface area contributed by atoms with Gasteiger partial charge in [-0.05, 0) is 39.0 Å². The minimum absolute atomic E-state index is 0.180. The van der Waals surface area contributed by atoms with Crippen LogP contribution in [0.5, 0.6) is 5.75 Å². The van der Waals surface area contributed by atoms with E-state index in [1.54, 1.807) is 0 Å². The van der Waals surface area contributed by atoms with Crippen molar-refractivity contribution in [3.05, 3.63) is 28.2 Å². The Kier molecular flexibility index (Phi) is 3.27. The maximum Gasteiger partial charge on any atom is 0.134 e. The molecule has 0 aliphatic carbocycles. The average molecular weight is 284 g/mol. The lowest BCUT2D eigenvalue weighted by Gasteiger charge is -2.28. The lowest BCUT2D eigenvalue weighted by Crippen LogP contribution is -2.50. The Morgan fingerprint density at radius 1 is 1.31 bits per heavy atom. The van der Waals surface area contributed by atoms with Gasteiger partial charge in [-0.1, -0.05) is 26.8 Å². The smallest absolute Gasteiger partial charge is 0.134 e. The topological polar surface area (TPSA) is 21.3 Å². The van der Waals surface area contributed by atoms with Crippen molar-refractivity contribution < 1.29 is 4.74 Å². The summed E-state index contributed by atoms with van der Waals surface area (Å²) in [4.78, 5) is 0. The number of hydrogen-bond donors (Lipinski definition) is 1. The van der Waals surface area contributed by atoms with Crippen LogP contribution in [0.25, 0.3) is 0 Å². The van der Waals surface area contributed by atoms with Crippen molar-refractivity contribution >= 4 is 15.9 Å². The Balaban J connectivity index is 2.15. The van der Waals surface area contributed by atoms with E-state index in [1.165, 1.54) is 5.56 Å². The molecular weight excluding hydrogens is 266 g/mol. The number of hydrogen-bond acceptors (Lipinski definition) is 2. The van der Waals surface area contributed by atoms with Crippen LogP contribution in [0.2, 0.25) is 0 Å². The monoisotopic (exact) mass is 283 g/mol. The highest BCUT2D eigenvalue weighted by Gasteiger charge is 2.20. The van der Waals surface area contributed by atoms with Gasteiger partial charge < -0.3 is 10.1 Å². The van der Waals surface area contributed by atoms with E-state index >= 15 is 0 Å². The van der Waals surface area contributed by atoms with Gasteiger partial charge in [-0.2, -0.15) is 0 Å². The SMILES string of the molecule is CC(C)(C)c1ccc(OC2CNC2)c(Br)c1. The van der Waals surface area contributed by atoms with Gasteiger partial charge in [-0.15, -0.1) is 0 Å². The van der Waals surface area contributed by atoms with Crippen molar-refractivity contribution in [2.24, 2.45) is 0 Å². The van der Waals surface area contributed by atoms with Gasteiger partial charge in [0.05, 0.1) is 4.47 Å². The third-order valence-electron chi connectivity index (χ3n) is 2.84. The molecule has 1 fully saturated rings. The average Bonchev–Trinajstić information content (AvgIpc) is 2.11. The van der Waals surface area contributed by atoms with Crippen LogP contribution >= 0.6 is 15.9 Å². The molecule has 0 saturated carbocycles. The van der Waals surface area contributed by atoms with Crippen LogP contribution in [0.1, 0.15) is 26.3 Å². The molecule has 3 heteroatoms. The second kappa shape index (κ2) is 4.38. The Morgan fingerprint density at radius 2 is 2.00 bits per heavy atom. The zero-order valence-corrected chi connectivity index (χ0v) is 11.6. The summed E-state index contributed by atoms with van der Waals surface area (Å²) >= 11 is 3.58. The van der Waals surface area contributed by atoms with Crippen molar-refractivity contribution in [3.8, 4) is 5.75 Å². The normalized spacial score (nSPS) is 17.0. The van der Waals surface area contributed by atoms with E-state index in [2.05, 4.69) is 60.2 Å². The van der Waals surface area contributed by atoms with Gasteiger partial charge in [-0.25, -0.2) is 0 Å². The van der Waals surface area contributed by atoms with Crippen molar-refractivity contribution in [1.29, 1.82) is 0 Å². The Bertz CT molecular complexity index is 380. The van der Waals surface area contributed by atoms with E-state index < -0.39 is 0 Å². The minimum atomic E-state index is 0.180. The van der Waals surface area contributed by atoms with Gasteiger partial charge in [0.25, 0.3) is 0 Å². The second-order valence-electron chi connectivity index (χ2n) is 5.29. The maximum absolute atomic E-state index is 5.84. The van der Waals surface area contributed by atoms with Crippen LogP contribution in [0.3, 0.4) is 0 Å². The quantitative estimate of drug-likeness (QED) is 0.901. The summed E-state index contributed by atoms with van der Waals surface area (Å²) in [6, 6.07) is 6.36. The lowest BCUT2D eigenvalue weighted by molar-refractivity contribution is 0.141. The summed E-state index contributed by atoms with van der Waals surface area (Å²) in [5, 5.41) is 3.20. The second-order valence-corrected chi connectivity index (χ2v) is 6.15. The van der Waals surface area contributed by atoms with E-state index in [4.69, 9.17) is 4.74 Å². The molecule has 2 rings (SSSR count). The molecular formula is C13H18BrNO. The minimum Gasteiger partial charge on any atom is -0.487 e. The molecule has 0 bridgehead atoms. The summed E-state index contributed by atoms with van der Waals surface area (Å²) in [7, 11) is 0. The molecule has 1 heterocycles. The molecule has 0 aromatic heterocycles. The van der Waals surface area contributed by atoms with E-state index in [-0.39, 0.29) is 5.41 Å². The molecule has 0 radical (unpaired) electrons. The number of nitrogens with one attached hydrogen (secondary N) is 1. The van der Waals surface area contributed by atoms with Crippen LogP contribution in [0.15, 0.2) is 22.7 Å². The molecule has 16 heavy (non-hydrogen) atoms. The van der Waals surface area contributed by atoms with E-state index in [9.17, 15) is 0 Å². The molecule has 1 saturated heterocycles. The summed E-state index contributed by atoms with van der Waals surface area (Å²) < 4.78 is 6.89. The molecule has 88 valence electrons. The van der Waals surface area contributed by atoms with E-state index in [0.717, 1.165) is 23.3 Å². The van der Waals surface area contributed by atoms with E-state index in [0.29, 0.717) is 6.10 Å². The standard InChI is InChI=1S/C13H18BrNO/c1-13(2,3)9-4-5-12(11(14)6-9)16-10-7-15-8-10/h4-6,10,15H,7-8H2,1-3H3. The maximum atomic E-state index is 5.84. The lowest BCUT2D eigenvalue weighted by atomic mass is 9.87. The molecule has 1 aromatic carbocycles. The van der Waals surface area contributed by atoms with Crippen LogP contribution < -0.4 is 10.1 Å². The molecule has 1 aliphatic rings. The number of rotatable bonds is 2. The highest BCUT2D eigenvalue weighted by atomic mass is 79.9. The van der Waals surface area contributed by atoms with E-state index in [1.807, 2.05) is 0 Å². The predicted molar refractivity (Wildman–Crippen MR) is 70.1 cm³/mol. The molecule has 2 nitrogen and oxygen atoms in total. The predicted octanol–water partition coefficient (Wildman–Crippen LogP) is 3.10. The highest BCUT2D eigenvalue weighted by molar-refractivity contribution is 9.10. The molecule has 1 aliphatic heterocycles. The van der Waals surface area contributed by atoms with Gasteiger partial charge in [0.15, 0.2) is 0 Å². The molecule has 0 amide bonds. The number of halogens is 1. The van der Waals surface area contributed by atoms with Gasteiger partial charge >= 0.3 is 0 Å². The molecule has 0 unspecified atom stereocenters. The van der Waals surface area contributed by atoms with Gasteiger partial charge in [0.1, 0.15) is 11.9 Å². The van der Waals surface area contributed by atoms with Gasteiger partial charge in [-0.3, -0.25) is 0 Å². The zero-order valence-electron chi connectivity index (χ0n) is 10.0. The van der Waals surface area contributed by atoms with Crippen molar-refractivity contribution in [1.82, 2.24) is 5.32 Å². The van der Waals surface area contributed by atoms with Crippen molar-refractivity contribution in [3.63, 3.8) is 0 Å². The van der Waals surface area contributed by atoms with Gasteiger partial charge in [0.2, 0.25) is 0 Å². The summed E-state index contributed by atoms with van der Waals surface area (Å²) in [6.45, 7) is 8.54. The Morgan fingerprint density at radius 3 is 2.44 bits per heavy atom. The first kappa shape index (κ1) is 11.9. The van der Waals surface area contributed by atoms with Crippen LogP contribution in [0, 0.1) is 0 Å². The third kappa shape index (κ3) is 2.58. The molecule has 1 aromatic rings. The van der Waals surface area contributed by atoms with Crippen molar-refractivity contribution in [2.75, 3.05) is 13.1 Å². The summed E-state index contributed by atoms with van der Waals surface area (Å²) in [6.07, 6.45) is 0.330. The summed E-state index contributed by atoms with van der Waals surface area (Å²) in [5.74, 6) is 0.944. The fraction of sp³-hybridized carbons (Fsp3) is 0.538. The fourth-order valence-corrected chi connectivity index (χ4v) is 2.06. The molecule has 0 atom stereocenters. The molecule has 1 N–H and O–H groups in total. The zero-order chi connectivity index (χ0) is 11.8. The van der Waals surface area contributed by atoms with Crippen LogP contribution in [0.4, 0.5) is 0 Å². The first-order valence-electron chi connectivity index (χ1n) is 5.64. The first-order valence-corrected chi connectivity index (χ1v) is 6.43. The largest absolute Gasteiger partial charge is 0.487 e. The van der Waals surface area contributed by atoms with Crippen LogP contribution in [-0.4, -0.2) is 19.2 Å². The summed E-state index contributed by atoms with van der Waals surface area (Å²) in [5.41, 5.74) is 1.50.